The maximum absolute atomic E-state index is 9.96. The standard InChI is InChI=1S/C11H11ClO2/c1-11(2,13)10-7-5-6-14-9(7)4-3-8(10)12/h3-6,13H,1-2H3. The van der Waals surface area contributed by atoms with Gasteiger partial charge in [0.2, 0.25) is 0 Å². The Morgan fingerprint density at radius 3 is 2.64 bits per heavy atom. The Morgan fingerprint density at radius 1 is 1.29 bits per heavy atom. The van der Waals surface area contributed by atoms with Gasteiger partial charge in [0.25, 0.3) is 0 Å². The van der Waals surface area contributed by atoms with Gasteiger partial charge in [-0.05, 0) is 32.0 Å². The van der Waals surface area contributed by atoms with E-state index in [1.54, 1.807) is 32.2 Å². The third kappa shape index (κ3) is 1.41. The van der Waals surface area contributed by atoms with Crippen LogP contribution < -0.4 is 0 Å². The molecule has 0 saturated carbocycles. The van der Waals surface area contributed by atoms with E-state index in [1.165, 1.54) is 0 Å². The SMILES string of the molecule is CC(C)(O)c1c(Cl)ccc2occc12. The number of halogens is 1. The summed E-state index contributed by atoms with van der Waals surface area (Å²) in [5, 5.41) is 11.4. The first kappa shape index (κ1) is 9.56. The fourth-order valence-electron chi connectivity index (χ4n) is 1.64. The van der Waals surface area contributed by atoms with Gasteiger partial charge < -0.3 is 9.52 Å². The molecule has 1 aromatic carbocycles. The Labute approximate surface area is 87.1 Å². The summed E-state index contributed by atoms with van der Waals surface area (Å²) in [5.74, 6) is 0. The van der Waals surface area contributed by atoms with Crippen molar-refractivity contribution in [1.29, 1.82) is 0 Å². The zero-order valence-electron chi connectivity index (χ0n) is 8.04. The molecule has 3 heteroatoms. The second-order valence-electron chi connectivity index (χ2n) is 3.81. The first-order valence-corrected chi connectivity index (χ1v) is 4.76. The summed E-state index contributed by atoms with van der Waals surface area (Å²) >= 11 is 6.04. The lowest BCUT2D eigenvalue weighted by Gasteiger charge is -2.19. The zero-order chi connectivity index (χ0) is 10.3. The summed E-state index contributed by atoms with van der Waals surface area (Å²) in [6.45, 7) is 3.42. The Bertz CT molecular complexity index is 466. The molecule has 0 unspecified atom stereocenters. The van der Waals surface area contributed by atoms with Gasteiger partial charge >= 0.3 is 0 Å². The molecule has 0 atom stereocenters. The summed E-state index contributed by atoms with van der Waals surface area (Å²) in [6, 6.07) is 5.35. The van der Waals surface area contributed by atoms with Crippen LogP contribution in [-0.4, -0.2) is 5.11 Å². The van der Waals surface area contributed by atoms with Crippen LogP contribution in [0.3, 0.4) is 0 Å². The van der Waals surface area contributed by atoms with Crippen molar-refractivity contribution >= 4 is 22.6 Å². The van der Waals surface area contributed by atoms with E-state index in [0.29, 0.717) is 10.6 Å². The van der Waals surface area contributed by atoms with Crippen molar-refractivity contribution in [2.75, 3.05) is 0 Å². The minimum atomic E-state index is -0.958. The number of hydrogen-bond acceptors (Lipinski definition) is 2. The highest BCUT2D eigenvalue weighted by molar-refractivity contribution is 6.32. The molecule has 0 amide bonds. The lowest BCUT2D eigenvalue weighted by molar-refractivity contribution is 0.0803. The molecule has 1 aromatic heterocycles. The third-order valence-electron chi connectivity index (χ3n) is 2.20. The Morgan fingerprint density at radius 2 is 2.00 bits per heavy atom. The molecule has 0 bridgehead atoms. The predicted octanol–water partition coefficient (Wildman–Crippen LogP) is 3.31. The van der Waals surface area contributed by atoms with Gasteiger partial charge in [0.15, 0.2) is 0 Å². The number of aliphatic hydroxyl groups is 1. The molecule has 1 heterocycles. The third-order valence-corrected chi connectivity index (χ3v) is 2.51. The van der Waals surface area contributed by atoms with E-state index in [0.717, 1.165) is 11.0 Å². The van der Waals surface area contributed by atoms with Gasteiger partial charge in [0.1, 0.15) is 5.58 Å². The van der Waals surface area contributed by atoms with Crippen LogP contribution in [0.4, 0.5) is 0 Å². The average Bonchev–Trinajstić information content (AvgIpc) is 2.48. The molecule has 74 valence electrons. The molecule has 0 radical (unpaired) electrons. The molecular formula is C11H11ClO2. The van der Waals surface area contributed by atoms with Crippen LogP contribution >= 0.6 is 11.6 Å². The molecule has 0 spiro atoms. The summed E-state index contributed by atoms with van der Waals surface area (Å²) in [5.41, 5.74) is 0.498. The van der Waals surface area contributed by atoms with Crippen molar-refractivity contribution in [1.82, 2.24) is 0 Å². The second-order valence-corrected chi connectivity index (χ2v) is 4.22. The van der Waals surface area contributed by atoms with Crippen LogP contribution in [0.25, 0.3) is 11.0 Å². The van der Waals surface area contributed by atoms with Gasteiger partial charge in [-0.3, -0.25) is 0 Å². The largest absolute Gasteiger partial charge is 0.464 e. The van der Waals surface area contributed by atoms with Crippen LogP contribution in [0.1, 0.15) is 19.4 Å². The van der Waals surface area contributed by atoms with Gasteiger partial charge in [-0.25, -0.2) is 0 Å². The highest BCUT2D eigenvalue weighted by Gasteiger charge is 2.23. The molecule has 2 aromatic rings. The van der Waals surface area contributed by atoms with Crippen LogP contribution in [-0.2, 0) is 5.60 Å². The van der Waals surface area contributed by atoms with E-state index in [4.69, 9.17) is 16.0 Å². The van der Waals surface area contributed by atoms with Crippen LogP contribution in [0, 0.1) is 0 Å². The maximum atomic E-state index is 9.96. The summed E-state index contributed by atoms with van der Waals surface area (Å²) < 4.78 is 5.24. The van der Waals surface area contributed by atoms with E-state index in [1.807, 2.05) is 6.07 Å². The van der Waals surface area contributed by atoms with Crippen molar-refractivity contribution in [2.45, 2.75) is 19.4 Å². The van der Waals surface area contributed by atoms with Crippen molar-refractivity contribution < 1.29 is 9.52 Å². The van der Waals surface area contributed by atoms with Crippen molar-refractivity contribution in [3.05, 3.63) is 35.0 Å². The summed E-state index contributed by atoms with van der Waals surface area (Å²) in [4.78, 5) is 0. The maximum Gasteiger partial charge on any atom is 0.134 e. The number of furan rings is 1. The molecule has 0 aliphatic rings. The molecular weight excluding hydrogens is 200 g/mol. The minimum Gasteiger partial charge on any atom is -0.464 e. The van der Waals surface area contributed by atoms with Gasteiger partial charge in [0.05, 0.1) is 11.9 Å². The number of hydrogen-bond donors (Lipinski definition) is 1. The Balaban J connectivity index is 2.83. The minimum absolute atomic E-state index is 0.561. The molecule has 0 aliphatic carbocycles. The fourth-order valence-corrected chi connectivity index (χ4v) is 2.04. The smallest absolute Gasteiger partial charge is 0.134 e. The first-order chi connectivity index (χ1) is 6.50. The molecule has 0 saturated heterocycles. The van der Waals surface area contributed by atoms with E-state index in [-0.39, 0.29) is 0 Å². The topological polar surface area (TPSA) is 33.4 Å². The molecule has 14 heavy (non-hydrogen) atoms. The molecule has 2 rings (SSSR count). The Kier molecular flexibility index (Phi) is 2.05. The number of benzene rings is 1. The van der Waals surface area contributed by atoms with Gasteiger partial charge in [-0.2, -0.15) is 0 Å². The summed E-state index contributed by atoms with van der Waals surface area (Å²) in [7, 11) is 0. The molecule has 0 aliphatic heterocycles. The normalized spacial score (nSPS) is 12.3. The molecule has 2 nitrogen and oxygen atoms in total. The van der Waals surface area contributed by atoms with E-state index >= 15 is 0 Å². The average molecular weight is 211 g/mol. The van der Waals surface area contributed by atoms with Gasteiger partial charge in [-0.1, -0.05) is 11.6 Å². The van der Waals surface area contributed by atoms with Crippen molar-refractivity contribution in [3.8, 4) is 0 Å². The fraction of sp³-hybridized carbons (Fsp3) is 0.273. The highest BCUT2D eigenvalue weighted by Crippen LogP contribution is 2.34. The lowest BCUT2D eigenvalue weighted by atomic mass is 9.95. The highest BCUT2D eigenvalue weighted by atomic mass is 35.5. The molecule has 1 N–H and O–H groups in total. The predicted molar refractivity (Wildman–Crippen MR) is 56.5 cm³/mol. The summed E-state index contributed by atoms with van der Waals surface area (Å²) in [6.07, 6.45) is 1.59. The van der Waals surface area contributed by atoms with Crippen molar-refractivity contribution in [3.63, 3.8) is 0 Å². The van der Waals surface area contributed by atoms with Crippen LogP contribution in [0.5, 0.6) is 0 Å². The second kappa shape index (κ2) is 3.01. The van der Waals surface area contributed by atoms with Gasteiger partial charge in [0, 0.05) is 16.0 Å². The van der Waals surface area contributed by atoms with E-state index in [2.05, 4.69) is 0 Å². The van der Waals surface area contributed by atoms with E-state index < -0.39 is 5.60 Å². The van der Waals surface area contributed by atoms with Crippen molar-refractivity contribution in [2.24, 2.45) is 0 Å². The first-order valence-electron chi connectivity index (χ1n) is 4.39. The monoisotopic (exact) mass is 210 g/mol. The van der Waals surface area contributed by atoms with Crippen LogP contribution in [0.15, 0.2) is 28.9 Å². The number of fused-ring (bicyclic) bond motifs is 1. The molecule has 0 fully saturated rings. The van der Waals surface area contributed by atoms with E-state index in [9.17, 15) is 5.11 Å². The van der Waals surface area contributed by atoms with Crippen LogP contribution in [0.2, 0.25) is 5.02 Å². The lowest BCUT2D eigenvalue weighted by Crippen LogP contribution is -2.16. The van der Waals surface area contributed by atoms with Gasteiger partial charge in [-0.15, -0.1) is 0 Å². The quantitative estimate of drug-likeness (QED) is 0.784. The number of rotatable bonds is 1. The Hall–Kier alpha value is -0.990. The zero-order valence-corrected chi connectivity index (χ0v) is 8.80.